The summed E-state index contributed by atoms with van der Waals surface area (Å²) in [5.74, 6) is 0.937. The molecule has 2 aromatic rings. The summed E-state index contributed by atoms with van der Waals surface area (Å²) in [6, 6.07) is 14.2. The molecule has 0 unspecified atom stereocenters. The SMILES string of the molecule is CN=C(NCc1ccc(C(=O)N2CCCCC2)cc1)N(C)Cc1ccc(OC(F)F)cc1.I. The van der Waals surface area contributed by atoms with Crippen molar-refractivity contribution < 1.29 is 18.3 Å². The van der Waals surface area contributed by atoms with Crippen LogP contribution in [0.25, 0.3) is 0 Å². The number of amides is 1. The van der Waals surface area contributed by atoms with Crippen molar-refractivity contribution in [3.05, 3.63) is 65.2 Å². The molecule has 0 saturated carbocycles. The van der Waals surface area contributed by atoms with Crippen LogP contribution in [0.1, 0.15) is 40.7 Å². The fourth-order valence-electron chi connectivity index (χ4n) is 3.74. The van der Waals surface area contributed by atoms with E-state index >= 15 is 0 Å². The van der Waals surface area contributed by atoms with Crippen molar-refractivity contribution in [1.29, 1.82) is 0 Å². The minimum absolute atomic E-state index is 0. The molecule has 1 N–H and O–H groups in total. The third-order valence-corrected chi connectivity index (χ3v) is 5.44. The first-order valence-corrected chi connectivity index (χ1v) is 10.8. The maximum atomic E-state index is 12.6. The Bertz CT molecular complexity index is 902. The number of likely N-dealkylation sites (tertiary alicyclic amines) is 1. The number of halogens is 3. The maximum absolute atomic E-state index is 12.6. The van der Waals surface area contributed by atoms with Crippen LogP contribution in [0.15, 0.2) is 53.5 Å². The first-order chi connectivity index (χ1) is 15.5. The van der Waals surface area contributed by atoms with Gasteiger partial charge >= 0.3 is 6.61 Å². The number of carbonyl (C=O) groups is 1. The number of hydrogen-bond donors (Lipinski definition) is 1. The van der Waals surface area contributed by atoms with E-state index in [0.29, 0.717) is 19.0 Å². The van der Waals surface area contributed by atoms with E-state index in [1.807, 2.05) is 41.1 Å². The number of nitrogens with one attached hydrogen (secondary N) is 1. The van der Waals surface area contributed by atoms with Crippen LogP contribution in [0.3, 0.4) is 0 Å². The van der Waals surface area contributed by atoms with Crippen LogP contribution in [0, 0.1) is 0 Å². The lowest BCUT2D eigenvalue weighted by Gasteiger charge is -2.26. The predicted octanol–water partition coefficient (Wildman–Crippen LogP) is 4.74. The number of rotatable bonds is 7. The van der Waals surface area contributed by atoms with Crippen molar-refractivity contribution >= 4 is 35.8 Å². The number of ether oxygens (including phenoxy) is 1. The van der Waals surface area contributed by atoms with Gasteiger partial charge in [0.05, 0.1) is 0 Å². The summed E-state index contributed by atoms with van der Waals surface area (Å²) in [7, 11) is 3.61. The molecule has 0 atom stereocenters. The van der Waals surface area contributed by atoms with Crippen LogP contribution in [0.4, 0.5) is 8.78 Å². The molecule has 9 heteroatoms. The van der Waals surface area contributed by atoms with Gasteiger partial charge in [0.1, 0.15) is 5.75 Å². The molecule has 0 aliphatic carbocycles. The minimum Gasteiger partial charge on any atom is -0.435 e. The van der Waals surface area contributed by atoms with Crippen LogP contribution < -0.4 is 10.1 Å². The van der Waals surface area contributed by atoms with E-state index < -0.39 is 6.61 Å². The van der Waals surface area contributed by atoms with Gasteiger partial charge in [-0.25, -0.2) is 0 Å². The fraction of sp³-hybridized carbons (Fsp3) is 0.417. The van der Waals surface area contributed by atoms with Gasteiger partial charge in [-0.15, -0.1) is 24.0 Å². The number of hydrogen-bond acceptors (Lipinski definition) is 3. The highest BCUT2D eigenvalue weighted by Crippen LogP contribution is 2.16. The number of benzene rings is 2. The highest BCUT2D eigenvalue weighted by Gasteiger charge is 2.18. The van der Waals surface area contributed by atoms with Crippen molar-refractivity contribution in [3.63, 3.8) is 0 Å². The molecular formula is C24H31F2IN4O2. The zero-order valence-corrected chi connectivity index (χ0v) is 21.3. The number of piperidine rings is 1. The zero-order chi connectivity index (χ0) is 22.9. The van der Waals surface area contributed by atoms with Crippen LogP contribution in [-0.2, 0) is 13.1 Å². The third kappa shape index (κ3) is 8.13. The molecule has 33 heavy (non-hydrogen) atoms. The quantitative estimate of drug-likeness (QED) is 0.296. The van der Waals surface area contributed by atoms with Gasteiger partial charge < -0.3 is 19.9 Å². The number of aliphatic imine (C=N–C) groups is 1. The lowest BCUT2D eigenvalue weighted by atomic mass is 10.1. The second-order valence-electron chi connectivity index (χ2n) is 7.83. The average molecular weight is 572 g/mol. The number of nitrogens with zero attached hydrogens (tertiary/aromatic N) is 3. The van der Waals surface area contributed by atoms with E-state index in [1.165, 1.54) is 18.6 Å². The molecule has 0 bridgehead atoms. The summed E-state index contributed by atoms with van der Waals surface area (Å²) in [5.41, 5.74) is 2.71. The van der Waals surface area contributed by atoms with Gasteiger partial charge in [-0.3, -0.25) is 9.79 Å². The summed E-state index contributed by atoms with van der Waals surface area (Å²) in [4.78, 5) is 20.8. The van der Waals surface area contributed by atoms with Gasteiger partial charge in [-0.2, -0.15) is 8.78 Å². The smallest absolute Gasteiger partial charge is 0.387 e. The molecule has 1 fully saturated rings. The number of alkyl halides is 2. The Balaban J connectivity index is 0.00000385. The standard InChI is InChI=1S/C24H30F2N4O2.HI/c1-27-24(29(2)17-19-8-12-21(13-9-19)32-23(25)26)28-16-18-6-10-20(11-7-18)22(31)30-14-4-3-5-15-30;/h6-13,23H,3-5,14-17H2,1-2H3,(H,27,28);1H. The molecule has 0 aromatic heterocycles. The van der Waals surface area contributed by atoms with Gasteiger partial charge in [-0.1, -0.05) is 24.3 Å². The van der Waals surface area contributed by atoms with Crippen molar-refractivity contribution in [3.8, 4) is 5.75 Å². The fourth-order valence-corrected chi connectivity index (χ4v) is 3.74. The Labute approximate surface area is 211 Å². The largest absolute Gasteiger partial charge is 0.435 e. The number of guanidine groups is 1. The molecule has 1 saturated heterocycles. The molecular weight excluding hydrogens is 541 g/mol. The molecule has 1 amide bonds. The van der Waals surface area contributed by atoms with Gasteiger partial charge in [0.2, 0.25) is 0 Å². The highest BCUT2D eigenvalue weighted by atomic mass is 127. The van der Waals surface area contributed by atoms with Crippen molar-refractivity contribution in [2.45, 2.75) is 39.0 Å². The van der Waals surface area contributed by atoms with Gasteiger partial charge in [0, 0.05) is 45.8 Å². The zero-order valence-electron chi connectivity index (χ0n) is 19.0. The summed E-state index contributed by atoms with van der Waals surface area (Å²) >= 11 is 0. The Morgan fingerprint density at radius 3 is 2.24 bits per heavy atom. The predicted molar refractivity (Wildman–Crippen MR) is 136 cm³/mol. The van der Waals surface area contributed by atoms with Crippen LogP contribution >= 0.6 is 24.0 Å². The van der Waals surface area contributed by atoms with Crippen LogP contribution in [0.5, 0.6) is 5.75 Å². The second-order valence-corrected chi connectivity index (χ2v) is 7.83. The molecule has 180 valence electrons. The summed E-state index contributed by atoms with van der Waals surface area (Å²) in [6.07, 6.45) is 3.35. The Morgan fingerprint density at radius 2 is 1.67 bits per heavy atom. The Hall–Kier alpha value is -2.43. The van der Waals surface area contributed by atoms with E-state index in [9.17, 15) is 13.6 Å². The van der Waals surface area contributed by atoms with E-state index in [2.05, 4.69) is 15.0 Å². The molecule has 3 rings (SSSR count). The van der Waals surface area contributed by atoms with Crippen molar-refractivity contribution in [2.75, 3.05) is 27.2 Å². The minimum atomic E-state index is -2.83. The Kier molecular flexibility index (Phi) is 10.8. The first-order valence-electron chi connectivity index (χ1n) is 10.8. The average Bonchev–Trinajstić information content (AvgIpc) is 2.81. The summed E-state index contributed by atoms with van der Waals surface area (Å²) < 4.78 is 28.9. The maximum Gasteiger partial charge on any atom is 0.387 e. The van der Waals surface area contributed by atoms with E-state index in [0.717, 1.165) is 42.6 Å². The highest BCUT2D eigenvalue weighted by molar-refractivity contribution is 14.0. The van der Waals surface area contributed by atoms with Gasteiger partial charge in [-0.05, 0) is 54.7 Å². The Morgan fingerprint density at radius 1 is 1.06 bits per heavy atom. The monoisotopic (exact) mass is 572 g/mol. The summed E-state index contributed by atoms with van der Waals surface area (Å²) in [6.45, 7) is -0.0307. The van der Waals surface area contributed by atoms with Gasteiger partial charge in [0.25, 0.3) is 5.91 Å². The van der Waals surface area contributed by atoms with Gasteiger partial charge in [0.15, 0.2) is 5.96 Å². The molecule has 0 radical (unpaired) electrons. The van der Waals surface area contributed by atoms with Crippen LogP contribution in [0.2, 0.25) is 0 Å². The molecule has 0 spiro atoms. The number of carbonyl (C=O) groups excluding carboxylic acids is 1. The molecule has 2 aromatic carbocycles. The molecule has 1 aliphatic heterocycles. The third-order valence-electron chi connectivity index (χ3n) is 5.44. The van der Waals surface area contributed by atoms with E-state index in [1.54, 1.807) is 19.2 Å². The topological polar surface area (TPSA) is 57.2 Å². The second kappa shape index (κ2) is 13.3. The lowest BCUT2D eigenvalue weighted by Crippen LogP contribution is -2.38. The lowest BCUT2D eigenvalue weighted by molar-refractivity contribution is -0.0498. The first kappa shape index (κ1) is 26.8. The normalized spacial score (nSPS) is 14.0. The van der Waals surface area contributed by atoms with Crippen molar-refractivity contribution in [1.82, 2.24) is 15.1 Å². The molecule has 1 heterocycles. The molecule has 6 nitrogen and oxygen atoms in total. The van der Waals surface area contributed by atoms with E-state index in [4.69, 9.17) is 0 Å². The summed E-state index contributed by atoms with van der Waals surface area (Å²) in [5, 5.41) is 3.31. The van der Waals surface area contributed by atoms with Crippen LogP contribution in [-0.4, -0.2) is 55.5 Å². The van der Waals surface area contributed by atoms with E-state index in [-0.39, 0.29) is 35.6 Å². The van der Waals surface area contributed by atoms with Crippen molar-refractivity contribution in [2.24, 2.45) is 4.99 Å². The molecule has 1 aliphatic rings.